The van der Waals surface area contributed by atoms with Gasteiger partial charge in [0, 0.05) is 35.2 Å². The number of nitro groups is 1. The van der Waals surface area contributed by atoms with Gasteiger partial charge in [-0.25, -0.2) is 4.98 Å². The number of hydrogen-bond donors (Lipinski definition) is 2. The van der Waals surface area contributed by atoms with E-state index in [2.05, 4.69) is 10.3 Å². The van der Waals surface area contributed by atoms with Gasteiger partial charge in [-0.15, -0.1) is 11.3 Å². The van der Waals surface area contributed by atoms with E-state index >= 15 is 0 Å². The topological polar surface area (TPSA) is 88.3 Å². The third-order valence-corrected chi connectivity index (χ3v) is 3.94. The van der Waals surface area contributed by atoms with Crippen LogP contribution in [0, 0.1) is 10.1 Å². The molecule has 21 heavy (non-hydrogen) atoms. The van der Waals surface area contributed by atoms with Crippen LogP contribution < -0.4 is 5.32 Å². The van der Waals surface area contributed by atoms with Crippen molar-refractivity contribution in [3.8, 4) is 10.6 Å². The van der Waals surface area contributed by atoms with Crippen LogP contribution in [0.5, 0.6) is 0 Å². The van der Waals surface area contributed by atoms with Crippen LogP contribution in [0.4, 0.5) is 5.69 Å². The fourth-order valence-corrected chi connectivity index (χ4v) is 2.48. The van der Waals surface area contributed by atoms with Gasteiger partial charge in [0.2, 0.25) is 0 Å². The zero-order chi connectivity index (χ0) is 15.5. The minimum Gasteiger partial charge on any atom is -0.394 e. The summed E-state index contributed by atoms with van der Waals surface area (Å²) >= 11 is 1.45. The third-order valence-electron chi connectivity index (χ3n) is 3.00. The number of rotatable bonds is 6. The Labute approximate surface area is 126 Å². The minimum atomic E-state index is -0.413. The smallest absolute Gasteiger partial charge is 0.270 e. The Morgan fingerprint density at radius 2 is 2.24 bits per heavy atom. The Morgan fingerprint density at radius 1 is 1.48 bits per heavy atom. The molecule has 0 saturated heterocycles. The number of nitrogens with zero attached hydrogens (tertiary/aromatic N) is 2. The summed E-state index contributed by atoms with van der Waals surface area (Å²) in [5.74, 6) is 0. The molecule has 0 aliphatic heterocycles. The SMILES string of the molecule is CC(C)(CO)NCc1csc(-c2cccc([N+](=O)[O-])c2)n1. The highest BCUT2D eigenvalue weighted by atomic mass is 32.1. The lowest BCUT2D eigenvalue weighted by Crippen LogP contribution is -2.42. The normalized spacial score (nSPS) is 11.6. The molecule has 0 fully saturated rings. The molecule has 1 heterocycles. The summed E-state index contributed by atoms with van der Waals surface area (Å²) < 4.78 is 0. The number of aliphatic hydroxyl groups excluding tert-OH is 1. The average Bonchev–Trinajstić information content (AvgIpc) is 2.94. The first-order chi connectivity index (χ1) is 9.91. The second-order valence-electron chi connectivity index (χ2n) is 5.35. The van der Waals surface area contributed by atoms with Gasteiger partial charge in [-0.2, -0.15) is 0 Å². The van der Waals surface area contributed by atoms with Crippen LogP contribution in [-0.4, -0.2) is 27.2 Å². The number of thiazole rings is 1. The number of nitro benzene ring substituents is 1. The maximum absolute atomic E-state index is 10.8. The van der Waals surface area contributed by atoms with Gasteiger partial charge in [-0.05, 0) is 13.8 Å². The van der Waals surface area contributed by atoms with Gasteiger partial charge < -0.3 is 10.4 Å². The Morgan fingerprint density at radius 3 is 2.90 bits per heavy atom. The minimum absolute atomic E-state index is 0.0366. The monoisotopic (exact) mass is 307 g/mol. The van der Waals surface area contributed by atoms with Crippen molar-refractivity contribution in [1.29, 1.82) is 0 Å². The van der Waals surface area contributed by atoms with Gasteiger partial charge in [-0.3, -0.25) is 10.1 Å². The van der Waals surface area contributed by atoms with E-state index in [1.54, 1.807) is 12.1 Å². The Hall–Kier alpha value is -1.83. The number of benzene rings is 1. The molecule has 0 bridgehead atoms. The average molecular weight is 307 g/mol. The fourth-order valence-electron chi connectivity index (χ4n) is 1.66. The molecular weight excluding hydrogens is 290 g/mol. The maximum atomic E-state index is 10.8. The summed E-state index contributed by atoms with van der Waals surface area (Å²) in [7, 11) is 0. The van der Waals surface area contributed by atoms with Crippen LogP contribution in [0.25, 0.3) is 10.6 Å². The van der Waals surface area contributed by atoms with Gasteiger partial charge >= 0.3 is 0 Å². The first-order valence-electron chi connectivity index (χ1n) is 6.46. The van der Waals surface area contributed by atoms with E-state index in [1.807, 2.05) is 19.2 Å². The Balaban J connectivity index is 2.13. The molecule has 0 spiro atoms. The largest absolute Gasteiger partial charge is 0.394 e. The van der Waals surface area contributed by atoms with Crippen molar-refractivity contribution >= 4 is 17.0 Å². The molecule has 2 aromatic rings. The van der Waals surface area contributed by atoms with Crippen molar-refractivity contribution in [3.05, 3.63) is 45.5 Å². The van der Waals surface area contributed by atoms with Crippen molar-refractivity contribution in [2.75, 3.05) is 6.61 Å². The molecule has 0 atom stereocenters. The molecule has 0 saturated carbocycles. The second-order valence-corrected chi connectivity index (χ2v) is 6.21. The van der Waals surface area contributed by atoms with E-state index in [9.17, 15) is 15.2 Å². The lowest BCUT2D eigenvalue weighted by molar-refractivity contribution is -0.384. The number of non-ortho nitro benzene ring substituents is 1. The standard InChI is InChI=1S/C14H17N3O3S/c1-14(2,9-18)15-7-11-8-21-13(16-11)10-4-3-5-12(6-10)17(19)20/h3-6,8,15,18H,7,9H2,1-2H3. The lowest BCUT2D eigenvalue weighted by atomic mass is 10.1. The van der Waals surface area contributed by atoms with E-state index in [4.69, 9.17) is 0 Å². The quantitative estimate of drug-likeness (QED) is 0.632. The van der Waals surface area contributed by atoms with E-state index in [0.717, 1.165) is 16.3 Å². The zero-order valence-electron chi connectivity index (χ0n) is 11.9. The van der Waals surface area contributed by atoms with Crippen molar-refractivity contribution in [2.24, 2.45) is 0 Å². The van der Waals surface area contributed by atoms with Crippen LogP contribution in [0.3, 0.4) is 0 Å². The van der Waals surface area contributed by atoms with Gasteiger partial charge in [0.05, 0.1) is 17.2 Å². The number of aromatic nitrogens is 1. The van der Waals surface area contributed by atoms with Crippen LogP contribution in [0.1, 0.15) is 19.5 Å². The van der Waals surface area contributed by atoms with Crippen molar-refractivity contribution in [1.82, 2.24) is 10.3 Å². The van der Waals surface area contributed by atoms with E-state index in [-0.39, 0.29) is 17.8 Å². The summed E-state index contributed by atoms with van der Waals surface area (Å²) in [5, 5.41) is 25.8. The number of hydrogen-bond acceptors (Lipinski definition) is 6. The molecule has 1 aromatic heterocycles. The predicted molar refractivity (Wildman–Crippen MR) is 82.2 cm³/mol. The summed E-state index contributed by atoms with van der Waals surface area (Å²) in [6, 6.07) is 6.44. The molecule has 0 aliphatic carbocycles. The molecule has 6 nitrogen and oxygen atoms in total. The van der Waals surface area contributed by atoms with E-state index in [0.29, 0.717) is 6.54 Å². The first kappa shape index (κ1) is 15.6. The highest BCUT2D eigenvalue weighted by molar-refractivity contribution is 7.13. The number of nitrogens with one attached hydrogen (secondary N) is 1. The molecule has 0 radical (unpaired) electrons. The first-order valence-corrected chi connectivity index (χ1v) is 7.34. The van der Waals surface area contributed by atoms with Crippen LogP contribution in [0.15, 0.2) is 29.6 Å². The van der Waals surface area contributed by atoms with Crippen LogP contribution >= 0.6 is 11.3 Å². The van der Waals surface area contributed by atoms with E-state index < -0.39 is 4.92 Å². The summed E-state index contributed by atoms with van der Waals surface area (Å²) in [5.41, 5.74) is 1.28. The molecular formula is C14H17N3O3S. The molecule has 0 amide bonds. The highest BCUT2D eigenvalue weighted by Gasteiger charge is 2.16. The van der Waals surface area contributed by atoms with E-state index in [1.165, 1.54) is 23.5 Å². The Bertz CT molecular complexity index is 640. The summed E-state index contributed by atoms with van der Waals surface area (Å²) in [4.78, 5) is 14.8. The molecule has 0 unspecified atom stereocenters. The fraction of sp³-hybridized carbons (Fsp3) is 0.357. The highest BCUT2D eigenvalue weighted by Crippen LogP contribution is 2.26. The summed E-state index contributed by atoms with van der Waals surface area (Å²) in [6.45, 7) is 4.38. The van der Waals surface area contributed by atoms with Crippen LogP contribution in [0.2, 0.25) is 0 Å². The number of aliphatic hydroxyl groups is 1. The second kappa shape index (κ2) is 6.30. The molecule has 112 valence electrons. The van der Waals surface area contributed by atoms with Gasteiger partial charge in [0.25, 0.3) is 5.69 Å². The van der Waals surface area contributed by atoms with Crippen molar-refractivity contribution < 1.29 is 10.0 Å². The van der Waals surface area contributed by atoms with Crippen molar-refractivity contribution in [3.63, 3.8) is 0 Å². The molecule has 2 N–H and O–H groups in total. The molecule has 7 heteroatoms. The molecule has 0 aliphatic rings. The third kappa shape index (κ3) is 4.07. The maximum Gasteiger partial charge on any atom is 0.270 e. The molecule has 2 rings (SSSR count). The lowest BCUT2D eigenvalue weighted by Gasteiger charge is -2.22. The van der Waals surface area contributed by atoms with Crippen molar-refractivity contribution in [2.45, 2.75) is 25.9 Å². The Kier molecular flexibility index (Phi) is 4.66. The zero-order valence-corrected chi connectivity index (χ0v) is 12.7. The van der Waals surface area contributed by atoms with Crippen LogP contribution in [-0.2, 0) is 6.54 Å². The van der Waals surface area contributed by atoms with Gasteiger partial charge in [-0.1, -0.05) is 12.1 Å². The van der Waals surface area contributed by atoms with Gasteiger partial charge in [0.1, 0.15) is 5.01 Å². The van der Waals surface area contributed by atoms with Gasteiger partial charge in [0.15, 0.2) is 0 Å². The summed E-state index contributed by atoms with van der Waals surface area (Å²) in [6.07, 6.45) is 0. The predicted octanol–water partition coefficient (Wildman–Crippen LogP) is 2.58. The molecule has 1 aromatic carbocycles.